The van der Waals surface area contributed by atoms with Crippen molar-refractivity contribution in [1.29, 1.82) is 0 Å². The number of ether oxygens (including phenoxy) is 1. The predicted molar refractivity (Wildman–Crippen MR) is 83.4 cm³/mol. The summed E-state index contributed by atoms with van der Waals surface area (Å²) in [7, 11) is -3.64. The minimum atomic E-state index is -3.64. The van der Waals surface area contributed by atoms with Crippen LogP contribution >= 0.6 is 0 Å². The molecule has 1 aromatic carbocycles. The van der Waals surface area contributed by atoms with Crippen LogP contribution < -0.4 is 10.5 Å². The molecule has 1 aromatic rings. The Morgan fingerprint density at radius 2 is 2.14 bits per heavy atom. The summed E-state index contributed by atoms with van der Waals surface area (Å²) in [4.78, 5) is 0.164. The van der Waals surface area contributed by atoms with Crippen LogP contribution in [0.2, 0.25) is 0 Å². The lowest BCUT2D eigenvalue weighted by atomic mass is 10.1. The van der Waals surface area contributed by atoms with Crippen molar-refractivity contribution in [1.82, 2.24) is 4.72 Å². The number of hydrogen-bond acceptors (Lipinski definition) is 4. The molecule has 1 unspecified atom stereocenters. The highest BCUT2D eigenvalue weighted by Gasteiger charge is 2.20. The van der Waals surface area contributed by atoms with Crippen molar-refractivity contribution in [3.63, 3.8) is 0 Å². The third-order valence-corrected chi connectivity index (χ3v) is 4.33. The van der Waals surface area contributed by atoms with Gasteiger partial charge in [0.15, 0.2) is 0 Å². The Balaban J connectivity index is 3.07. The van der Waals surface area contributed by atoms with E-state index in [2.05, 4.69) is 16.6 Å². The van der Waals surface area contributed by atoms with Crippen LogP contribution in [-0.2, 0) is 14.8 Å². The molecule has 0 fully saturated rings. The highest BCUT2D eigenvalue weighted by molar-refractivity contribution is 7.89. The van der Waals surface area contributed by atoms with Crippen molar-refractivity contribution in [2.45, 2.75) is 31.7 Å². The van der Waals surface area contributed by atoms with Crippen molar-refractivity contribution >= 4 is 10.0 Å². The van der Waals surface area contributed by atoms with Gasteiger partial charge in [0.05, 0.1) is 18.0 Å². The van der Waals surface area contributed by atoms with E-state index >= 15 is 0 Å². The zero-order valence-corrected chi connectivity index (χ0v) is 13.5. The first-order chi connectivity index (χ1) is 9.90. The van der Waals surface area contributed by atoms with E-state index in [1.807, 2.05) is 13.8 Å². The van der Waals surface area contributed by atoms with Gasteiger partial charge < -0.3 is 10.5 Å². The topological polar surface area (TPSA) is 81.4 Å². The van der Waals surface area contributed by atoms with E-state index in [4.69, 9.17) is 10.5 Å². The Labute approximate surface area is 126 Å². The fourth-order valence-electron chi connectivity index (χ4n) is 1.78. The molecule has 0 aromatic heterocycles. The Hall–Kier alpha value is -1.39. The summed E-state index contributed by atoms with van der Waals surface area (Å²) in [5.74, 6) is 5.50. The van der Waals surface area contributed by atoms with E-state index in [9.17, 15) is 8.42 Å². The molecule has 0 heterocycles. The van der Waals surface area contributed by atoms with Crippen molar-refractivity contribution in [3.05, 3.63) is 29.3 Å². The van der Waals surface area contributed by atoms with Crippen LogP contribution in [0, 0.1) is 18.8 Å². The van der Waals surface area contributed by atoms with Crippen LogP contribution in [0.3, 0.4) is 0 Å². The number of benzene rings is 1. The van der Waals surface area contributed by atoms with Crippen LogP contribution in [0.5, 0.6) is 0 Å². The molecule has 0 amide bonds. The number of rotatable bonds is 6. The van der Waals surface area contributed by atoms with Crippen LogP contribution in [0.15, 0.2) is 23.1 Å². The van der Waals surface area contributed by atoms with Gasteiger partial charge in [-0.3, -0.25) is 0 Å². The average Bonchev–Trinajstić information content (AvgIpc) is 2.42. The summed E-state index contributed by atoms with van der Waals surface area (Å²) in [6.45, 7) is 6.56. The summed E-state index contributed by atoms with van der Waals surface area (Å²) >= 11 is 0. The van der Waals surface area contributed by atoms with E-state index in [1.165, 1.54) is 0 Å². The molecule has 21 heavy (non-hydrogen) atoms. The van der Waals surface area contributed by atoms with Gasteiger partial charge in [0.25, 0.3) is 0 Å². The second-order valence-corrected chi connectivity index (χ2v) is 6.37. The molecular weight excluding hydrogens is 288 g/mol. The van der Waals surface area contributed by atoms with Crippen molar-refractivity contribution in [2.75, 3.05) is 19.8 Å². The van der Waals surface area contributed by atoms with E-state index in [-0.39, 0.29) is 17.5 Å². The Kier molecular flexibility index (Phi) is 6.85. The van der Waals surface area contributed by atoms with Gasteiger partial charge in [-0.15, -0.1) is 0 Å². The summed E-state index contributed by atoms with van der Waals surface area (Å²) < 4.78 is 32.7. The largest absolute Gasteiger partial charge is 0.380 e. The van der Waals surface area contributed by atoms with Crippen molar-refractivity contribution in [2.24, 2.45) is 5.73 Å². The van der Waals surface area contributed by atoms with Crippen LogP contribution in [0.1, 0.15) is 25.0 Å². The lowest BCUT2D eigenvalue weighted by molar-refractivity contribution is 0.133. The number of sulfonamides is 1. The molecule has 1 atom stereocenters. The maximum Gasteiger partial charge on any atom is 0.242 e. The minimum Gasteiger partial charge on any atom is -0.380 e. The van der Waals surface area contributed by atoms with Crippen molar-refractivity contribution in [3.8, 4) is 11.8 Å². The molecule has 0 saturated carbocycles. The normalized spacial score (nSPS) is 12.6. The highest BCUT2D eigenvalue weighted by atomic mass is 32.2. The van der Waals surface area contributed by atoms with Crippen LogP contribution in [0.4, 0.5) is 0 Å². The van der Waals surface area contributed by atoms with E-state index < -0.39 is 10.0 Å². The molecule has 0 aliphatic rings. The molecule has 0 aliphatic heterocycles. The second kappa shape index (κ2) is 8.15. The molecule has 116 valence electrons. The minimum absolute atomic E-state index is 0.164. The van der Waals surface area contributed by atoms with Gasteiger partial charge >= 0.3 is 0 Å². The quantitative estimate of drug-likeness (QED) is 0.768. The van der Waals surface area contributed by atoms with Gasteiger partial charge in [-0.25, -0.2) is 13.1 Å². The molecule has 5 nitrogen and oxygen atoms in total. The third-order valence-electron chi connectivity index (χ3n) is 2.68. The first-order valence-corrected chi connectivity index (χ1v) is 8.28. The zero-order chi connectivity index (χ0) is 15.9. The van der Waals surface area contributed by atoms with Gasteiger partial charge in [-0.2, -0.15) is 0 Å². The molecule has 3 N–H and O–H groups in total. The van der Waals surface area contributed by atoms with Crippen molar-refractivity contribution < 1.29 is 13.2 Å². The van der Waals surface area contributed by atoms with Gasteiger partial charge in [-0.05, 0) is 38.5 Å². The number of aryl methyl sites for hydroxylation is 1. The highest BCUT2D eigenvalue weighted by Crippen LogP contribution is 2.17. The SMILES string of the molecule is CCOCC(C)NS(=O)(=O)c1ccc(C)cc1C#CCN. The number of hydrogen-bond donors (Lipinski definition) is 2. The fourth-order valence-corrected chi connectivity index (χ4v) is 3.15. The first kappa shape index (κ1) is 17.7. The molecule has 0 spiro atoms. The van der Waals surface area contributed by atoms with Gasteiger partial charge in [-0.1, -0.05) is 17.9 Å². The van der Waals surface area contributed by atoms with Gasteiger partial charge in [0.2, 0.25) is 10.0 Å². The third kappa shape index (κ3) is 5.48. The summed E-state index contributed by atoms with van der Waals surface area (Å²) in [6.07, 6.45) is 0. The van der Waals surface area contributed by atoms with Crippen LogP contribution in [-0.4, -0.2) is 34.2 Å². The monoisotopic (exact) mass is 310 g/mol. The summed E-state index contributed by atoms with van der Waals surface area (Å²) in [5, 5.41) is 0. The van der Waals surface area contributed by atoms with Gasteiger partial charge in [0, 0.05) is 18.2 Å². The molecule has 6 heteroatoms. The Morgan fingerprint density at radius 1 is 1.43 bits per heavy atom. The Morgan fingerprint density at radius 3 is 2.76 bits per heavy atom. The predicted octanol–water partition coefficient (Wildman–Crippen LogP) is 1.01. The molecule has 0 aliphatic carbocycles. The smallest absolute Gasteiger partial charge is 0.242 e. The summed E-state index contributed by atoms with van der Waals surface area (Å²) in [5.41, 5.74) is 6.75. The number of nitrogens with one attached hydrogen (secondary N) is 1. The van der Waals surface area contributed by atoms with E-state index in [1.54, 1.807) is 25.1 Å². The van der Waals surface area contributed by atoms with Crippen LogP contribution in [0.25, 0.3) is 0 Å². The maximum absolute atomic E-state index is 12.4. The molecular formula is C15H22N2O3S. The van der Waals surface area contributed by atoms with Gasteiger partial charge in [0.1, 0.15) is 0 Å². The first-order valence-electron chi connectivity index (χ1n) is 6.80. The lowest BCUT2D eigenvalue weighted by Crippen LogP contribution is -2.36. The summed E-state index contributed by atoms with van der Waals surface area (Å²) in [6, 6.07) is 4.73. The standard InChI is InChI=1S/C15H22N2O3S/c1-4-20-11-13(3)17-21(18,19)15-8-7-12(2)10-14(15)6-5-9-16/h7-8,10,13,17H,4,9,11,16H2,1-3H3. The second-order valence-electron chi connectivity index (χ2n) is 4.69. The maximum atomic E-state index is 12.4. The molecule has 0 radical (unpaired) electrons. The fraction of sp³-hybridized carbons (Fsp3) is 0.467. The van der Waals surface area contributed by atoms with E-state index in [0.717, 1.165) is 5.56 Å². The molecule has 0 bridgehead atoms. The molecule has 0 saturated heterocycles. The lowest BCUT2D eigenvalue weighted by Gasteiger charge is -2.15. The Bertz CT molecular complexity index is 630. The van der Waals surface area contributed by atoms with E-state index in [0.29, 0.717) is 18.8 Å². The average molecular weight is 310 g/mol. The molecule has 1 rings (SSSR count). The number of nitrogens with two attached hydrogens (primary N) is 1. The zero-order valence-electron chi connectivity index (χ0n) is 12.6.